The van der Waals surface area contributed by atoms with E-state index in [1.807, 2.05) is 53.9 Å². The van der Waals surface area contributed by atoms with Crippen LogP contribution in [0.25, 0.3) is 33.5 Å². The molecule has 0 atom stereocenters. The first-order valence-electron chi connectivity index (χ1n) is 8.00. The fraction of sp³-hybridized carbons (Fsp3) is 0. The number of aromatic amines is 1. The van der Waals surface area contributed by atoms with Gasteiger partial charge in [-0.2, -0.15) is 5.26 Å². The lowest BCUT2D eigenvalue weighted by atomic mass is 10.1. The van der Waals surface area contributed by atoms with Gasteiger partial charge < -0.3 is 4.98 Å². The van der Waals surface area contributed by atoms with Gasteiger partial charge in [0.2, 0.25) is 0 Å². The summed E-state index contributed by atoms with van der Waals surface area (Å²) in [6.07, 6.45) is 3.63. The third-order valence-corrected chi connectivity index (χ3v) is 4.89. The Bertz CT molecular complexity index is 1200. The van der Waals surface area contributed by atoms with Gasteiger partial charge in [0.25, 0.3) is 5.56 Å². The number of hydrogen-bond donors (Lipinski definition) is 1. The number of nitrogens with zero attached hydrogens (tertiary/aromatic N) is 2. The SMILES string of the molecule is N#Cc1ccc(/C=C/c2nc3scc(-c4ccccc4)c3c(=O)[nH]2)cc1. The monoisotopic (exact) mass is 355 g/mol. The average Bonchev–Trinajstić information content (AvgIpc) is 3.12. The molecule has 0 amide bonds. The zero-order chi connectivity index (χ0) is 17.9. The summed E-state index contributed by atoms with van der Waals surface area (Å²) in [4.78, 5) is 20.7. The number of hydrogen-bond acceptors (Lipinski definition) is 4. The number of aromatic nitrogens is 2. The maximum absolute atomic E-state index is 12.6. The van der Waals surface area contributed by atoms with E-state index in [0.29, 0.717) is 21.6 Å². The van der Waals surface area contributed by atoms with E-state index in [1.165, 1.54) is 11.3 Å². The van der Waals surface area contributed by atoms with Gasteiger partial charge in [0.05, 0.1) is 17.0 Å². The lowest BCUT2D eigenvalue weighted by Crippen LogP contribution is -2.09. The largest absolute Gasteiger partial charge is 0.306 e. The normalized spacial score (nSPS) is 11.0. The topological polar surface area (TPSA) is 69.5 Å². The van der Waals surface area contributed by atoms with Gasteiger partial charge in [-0.25, -0.2) is 4.98 Å². The molecular weight excluding hydrogens is 342 g/mol. The Kier molecular flexibility index (Phi) is 4.18. The molecule has 26 heavy (non-hydrogen) atoms. The van der Waals surface area contributed by atoms with Crippen LogP contribution in [0.4, 0.5) is 0 Å². The first-order valence-corrected chi connectivity index (χ1v) is 8.88. The van der Waals surface area contributed by atoms with Crippen molar-refractivity contribution < 1.29 is 0 Å². The van der Waals surface area contributed by atoms with Crippen molar-refractivity contribution in [3.8, 4) is 17.2 Å². The van der Waals surface area contributed by atoms with Gasteiger partial charge in [0, 0.05) is 10.9 Å². The molecule has 0 spiro atoms. The number of benzene rings is 2. The zero-order valence-corrected chi connectivity index (χ0v) is 14.5. The minimum atomic E-state index is -0.144. The average molecular weight is 355 g/mol. The molecule has 0 saturated carbocycles. The van der Waals surface area contributed by atoms with Crippen molar-refractivity contribution >= 4 is 33.7 Å². The van der Waals surface area contributed by atoms with Crippen molar-refractivity contribution in [2.24, 2.45) is 0 Å². The molecule has 124 valence electrons. The van der Waals surface area contributed by atoms with Crippen LogP contribution in [0, 0.1) is 11.3 Å². The van der Waals surface area contributed by atoms with Crippen LogP contribution in [0.15, 0.2) is 64.8 Å². The number of nitriles is 1. The maximum atomic E-state index is 12.6. The Morgan fingerprint density at radius 1 is 1.04 bits per heavy atom. The van der Waals surface area contributed by atoms with Crippen molar-refractivity contribution in [1.82, 2.24) is 9.97 Å². The van der Waals surface area contributed by atoms with Crippen molar-refractivity contribution in [2.75, 3.05) is 0 Å². The van der Waals surface area contributed by atoms with Crippen LogP contribution < -0.4 is 5.56 Å². The molecule has 4 nitrogen and oxygen atoms in total. The molecule has 0 radical (unpaired) electrons. The summed E-state index contributed by atoms with van der Waals surface area (Å²) in [5.74, 6) is 0.508. The fourth-order valence-corrected chi connectivity index (χ4v) is 3.67. The number of rotatable bonds is 3. The maximum Gasteiger partial charge on any atom is 0.260 e. The van der Waals surface area contributed by atoms with E-state index < -0.39 is 0 Å². The van der Waals surface area contributed by atoms with Crippen LogP contribution in [0.1, 0.15) is 17.0 Å². The second-order valence-electron chi connectivity index (χ2n) is 5.71. The van der Waals surface area contributed by atoms with E-state index in [2.05, 4.69) is 16.0 Å². The Balaban J connectivity index is 1.71. The van der Waals surface area contributed by atoms with E-state index in [1.54, 1.807) is 18.2 Å². The molecule has 4 aromatic rings. The highest BCUT2D eigenvalue weighted by atomic mass is 32.1. The smallest absolute Gasteiger partial charge is 0.260 e. The van der Waals surface area contributed by atoms with E-state index in [-0.39, 0.29) is 5.56 Å². The highest BCUT2D eigenvalue weighted by molar-refractivity contribution is 7.17. The summed E-state index contributed by atoms with van der Waals surface area (Å²) >= 11 is 1.46. The summed E-state index contributed by atoms with van der Waals surface area (Å²) in [5, 5.41) is 11.4. The van der Waals surface area contributed by atoms with Crippen molar-refractivity contribution in [3.63, 3.8) is 0 Å². The molecule has 0 aliphatic rings. The molecule has 0 fully saturated rings. The molecule has 2 heterocycles. The fourth-order valence-electron chi connectivity index (χ4n) is 2.72. The van der Waals surface area contributed by atoms with Crippen LogP contribution in [0.5, 0.6) is 0 Å². The van der Waals surface area contributed by atoms with Gasteiger partial charge in [-0.15, -0.1) is 11.3 Å². The molecule has 0 aliphatic heterocycles. The second kappa shape index (κ2) is 6.79. The molecule has 0 unspecified atom stereocenters. The highest BCUT2D eigenvalue weighted by Crippen LogP contribution is 2.30. The third kappa shape index (κ3) is 3.06. The Morgan fingerprint density at radius 2 is 1.81 bits per heavy atom. The van der Waals surface area contributed by atoms with Crippen molar-refractivity contribution in [3.05, 3.63) is 87.3 Å². The molecule has 2 aromatic carbocycles. The summed E-state index contributed by atoms with van der Waals surface area (Å²) in [6, 6.07) is 19.1. The predicted octanol–water partition coefficient (Wildman–Crippen LogP) is 4.69. The van der Waals surface area contributed by atoms with E-state index in [9.17, 15) is 4.79 Å². The van der Waals surface area contributed by atoms with Gasteiger partial charge in [0.15, 0.2) is 0 Å². The van der Waals surface area contributed by atoms with Gasteiger partial charge >= 0.3 is 0 Å². The number of H-pyrrole nitrogens is 1. The molecule has 0 saturated heterocycles. The predicted molar refractivity (Wildman–Crippen MR) is 106 cm³/mol. The standard InChI is InChI=1S/C21H13N3OS/c22-12-15-8-6-14(7-9-15)10-11-18-23-20(25)19-17(13-26-21(19)24-18)16-4-2-1-3-5-16/h1-11,13H,(H,23,24,25)/b11-10+. The van der Waals surface area contributed by atoms with Crippen molar-refractivity contribution in [2.45, 2.75) is 0 Å². The lowest BCUT2D eigenvalue weighted by Gasteiger charge is -1.99. The summed E-state index contributed by atoms with van der Waals surface area (Å²) < 4.78 is 0. The Hall–Kier alpha value is -3.49. The van der Waals surface area contributed by atoms with E-state index in [0.717, 1.165) is 16.7 Å². The highest BCUT2D eigenvalue weighted by Gasteiger charge is 2.11. The molecule has 4 rings (SSSR count). The van der Waals surface area contributed by atoms with Crippen molar-refractivity contribution in [1.29, 1.82) is 5.26 Å². The molecule has 0 aliphatic carbocycles. The quantitative estimate of drug-likeness (QED) is 0.579. The van der Waals surface area contributed by atoms with Crippen LogP contribution in [-0.2, 0) is 0 Å². The van der Waals surface area contributed by atoms with Crippen LogP contribution in [0.2, 0.25) is 0 Å². The molecule has 2 aromatic heterocycles. The minimum Gasteiger partial charge on any atom is -0.306 e. The second-order valence-corrected chi connectivity index (χ2v) is 6.57. The summed E-state index contributed by atoms with van der Waals surface area (Å²) in [7, 11) is 0. The van der Waals surface area contributed by atoms with E-state index >= 15 is 0 Å². The first kappa shape index (κ1) is 16.0. The molecular formula is C21H13N3OS. The summed E-state index contributed by atoms with van der Waals surface area (Å²) in [5.41, 5.74) is 3.31. The third-order valence-electron chi connectivity index (χ3n) is 4.02. The first-order chi connectivity index (χ1) is 12.7. The number of nitrogens with one attached hydrogen (secondary N) is 1. The summed E-state index contributed by atoms with van der Waals surface area (Å²) in [6.45, 7) is 0. The lowest BCUT2D eigenvalue weighted by molar-refractivity contribution is 1.15. The van der Waals surface area contributed by atoms with Gasteiger partial charge in [0.1, 0.15) is 10.7 Å². The van der Waals surface area contributed by atoms with Crippen LogP contribution in [-0.4, -0.2) is 9.97 Å². The van der Waals surface area contributed by atoms with Gasteiger partial charge in [-0.1, -0.05) is 48.5 Å². The Morgan fingerprint density at radius 3 is 2.54 bits per heavy atom. The molecule has 5 heteroatoms. The number of fused-ring (bicyclic) bond motifs is 1. The zero-order valence-electron chi connectivity index (χ0n) is 13.6. The number of thiophene rings is 1. The van der Waals surface area contributed by atoms with Gasteiger partial charge in [-0.3, -0.25) is 4.79 Å². The molecule has 0 bridgehead atoms. The van der Waals surface area contributed by atoms with Crippen LogP contribution >= 0.6 is 11.3 Å². The van der Waals surface area contributed by atoms with Gasteiger partial charge in [-0.05, 0) is 29.3 Å². The molecule has 1 N–H and O–H groups in total. The Labute approximate surface area is 153 Å². The van der Waals surface area contributed by atoms with Crippen LogP contribution in [0.3, 0.4) is 0 Å². The van der Waals surface area contributed by atoms with E-state index in [4.69, 9.17) is 5.26 Å². The minimum absolute atomic E-state index is 0.144.